The number of aromatic amines is 1. The van der Waals surface area contributed by atoms with Crippen molar-refractivity contribution in [3.05, 3.63) is 60.3 Å². The highest BCUT2D eigenvalue weighted by molar-refractivity contribution is 7.91. The number of carbonyl (C=O) groups is 2. The maximum atomic E-state index is 12.9. The van der Waals surface area contributed by atoms with Gasteiger partial charge in [0.15, 0.2) is 22.1 Å². The minimum atomic E-state index is -3.19. The lowest BCUT2D eigenvalue weighted by atomic mass is 10.2. The summed E-state index contributed by atoms with van der Waals surface area (Å²) >= 11 is 0. The Morgan fingerprint density at radius 2 is 1.83 bits per heavy atom. The molecular weight excluding hydrogens is 394 g/mol. The predicted molar refractivity (Wildman–Crippen MR) is 107 cm³/mol. The Hall–Kier alpha value is -3.20. The molecule has 9 heteroatoms. The molecule has 2 heterocycles. The van der Waals surface area contributed by atoms with Crippen LogP contribution in [0.4, 0.5) is 5.69 Å². The van der Waals surface area contributed by atoms with E-state index in [0.29, 0.717) is 23.0 Å². The number of sulfone groups is 1. The van der Waals surface area contributed by atoms with Crippen molar-refractivity contribution in [1.29, 1.82) is 0 Å². The second kappa shape index (κ2) is 7.67. The van der Waals surface area contributed by atoms with Crippen molar-refractivity contribution in [2.75, 3.05) is 23.0 Å². The average molecular weight is 413 g/mol. The van der Waals surface area contributed by atoms with Crippen LogP contribution in [0.2, 0.25) is 0 Å². The van der Waals surface area contributed by atoms with E-state index < -0.39 is 34.4 Å². The number of anilines is 1. The molecule has 1 atom stereocenters. The molecule has 150 valence electrons. The number of benzene rings is 2. The molecule has 0 bridgehead atoms. The topological polar surface area (TPSA) is 109 Å². The normalized spacial score (nSPS) is 17.9. The second-order valence-electron chi connectivity index (χ2n) is 6.85. The first-order chi connectivity index (χ1) is 13.9. The third-order valence-corrected chi connectivity index (χ3v) is 6.62. The fraction of sp³-hybridized carbons (Fsp3) is 0.250. The number of nitrogens with zero attached hydrogens (tertiary/aromatic N) is 2. The zero-order valence-corrected chi connectivity index (χ0v) is 16.3. The first kappa shape index (κ1) is 19.1. The van der Waals surface area contributed by atoms with Crippen LogP contribution < -0.4 is 4.90 Å². The summed E-state index contributed by atoms with van der Waals surface area (Å²) < 4.78 is 29.0. The van der Waals surface area contributed by atoms with Gasteiger partial charge in [0.25, 0.3) is 5.91 Å². The molecule has 0 saturated carbocycles. The number of hydrogen-bond acceptors (Lipinski definition) is 6. The summed E-state index contributed by atoms with van der Waals surface area (Å²) in [6, 6.07) is 15.4. The Labute approximate surface area is 167 Å². The Morgan fingerprint density at radius 3 is 2.55 bits per heavy atom. The zero-order valence-electron chi connectivity index (χ0n) is 15.4. The molecule has 0 unspecified atom stereocenters. The third-order valence-electron chi connectivity index (χ3n) is 4.87. The number of ether oxygens (including phenoxy) is 1. The maximum Gasteiger partial charge on any atom is 0.359 e. The van der Waals surface area contributed by atoms with Crippen molar-refractivity contribution in [3.8, 4) is 0 Å². The van der Waals surface area contributed by atoms with Crippen molar-refractivity contribution in [3.63, 3.8) is 0 Å². The number of hydrogen-bond donors (Lipinski definition) is 1. The summed E-state index contributed by atoms with van der Waals surface area (Å²) in [6.07, 6.45) is 0.348. The molecule has 3 aromatic rings. The maximum absolute atomic E-state index is 12.9. The molecule has 1 amide bonds. The van der Waals surface area contributed by atoms with Crippen LogP contribution >= 0.6 is 0 Å². The van der Waals surface area contributed by atoms with Crippen molar-refractivity contribution in [1.82, 2.24) is 10.2 Å². The Kier molecular flexibility index (Phi) is 5.06. The lowest BCUT2D eigenvalue weighted by Gasteiger charge is -2.28. The molecule has 1 N–H and O–H groups in total. The minimum Gasteiger partial charge on any atom is -0.451 e. The quantitative estimate of drug-likeness (QED) is 0.640. The van der Waals surface area contributed by atoms with E-state index in [4.69, 9.17) is 4.74 Å². The van der Waals surface area contributed by atoms with Crippen molar-refractivity contribution >= 4 is 38.3 Å². The van der Waals surface area contributed by atoms with Crippen molar-refractivity contribution < 1.29 is 22.7 Å². The number of esters is 1. The van der Waals surface area contributed by atoms with E-state index in [1.807, 2.05) is 6.07 Å². The number of rotatable bonds is 5. The smallest absolute Gasteiger partial charge is 0.359 e. The molecule has 2 aromatic carbocycles. The Bertz CT molecular complexity index is 1160. The first-order valence-electron chi connectivity index (χ1n) is 9.12. The van der Waals surface area contributed by atoms with E-state index in [0.717, 1.165) is 0 Å². The third kappa shape index (κ3) is 4.00. The molecule has 1 aliphatic rings. The van der Waals surface area contributed by atoms with E-state index in [1.54, 1.807) is 48.5 Å². The molecule has 0 aliphatic carbocycles. The molecule has 29 heavy (non-hydrogen) atoms. The number of amides is 1. The SMILES string of the molecule is O=C(OCC(=O)N(c1ccccc1)[C@@H]1CCS(=O)(=O)C1)c1n[nH]c2ccccc12. The lowest BCUT2D eigenvalue weighted by molar-refractivity contribution is -0.122. The largest absolute Gasteiger partial charge is 0.451 e. The number of fused-ring (bicyclic) bond motifs is 1. The number of aromatic nitrogens is 2. The van der Waals surface area contributed by atoms with Crippen molar-refractivity contribution in [2.24, 2.45) is 0 Å². The summed E-state index contributed by atoms with van der Waals surface area (Å²) in [5.41, 5.74) is 1.36. The highest BCUT2D eigenvalue weighted by atomic mass is 32.2. The molecule has 1 fully saturated rings. The van der Waals surface area contributed by atoms with Gasteiger partial charge in [-0.1, -0.05) is 36.4 Å². The molecular formula is C20H19N3O5S. The summed E-state index contributed by atoms with van der Waals surface area (Å²) in [4.78, 5) is 26.8. The number of nitrogens with one attached hydrogen (secondary N) is 1. The van der Waals surface area contributed by atoms with Crippen LogP contribution in [0.5, 0.6) is 0 Å². The van der Waals surface area contributed by atoms with Gasteiger partial charge in [0.2, 0.25) is 0 Å². The van der Waals surface area contributed by atoms with Gasteiger partial charge in [-0.2, -0.15) is 5.10 Å². The van der Waals surface area contributed by atoms with Gasteiger partial charge in [-0.3, -0.25) is 9.89 Å². The first-order valence-corrected chi connectivity index (χ1v) is 10.9. The minimum absolute atomic E-state index is 0.0350. The molecule has 8 nitrogen and oxygen atoms in total. The van der Waals surface area contributed by atoms with Gasteiger partial charge >= 0.3 is 5.97 Å². The monoisotopic (exact) mass is 413 g/mol. The zero-order chi connectivity index (χ0) is 20.4. The van der Waals surface area contributed by atoms with E-state index >= 15 is 0 Å². The summed E-state index contributed by atoms with van der Waals surface area (Å²) in [6.45, 7) is -0.508. The van der Waals surface area contributed by atoms with Crippen LogP contribution in [-0.2, 0) is 19.4 Å². The summed E-state index contributed by atoms with van der Waals surface area (Å²) in [5, 5.41) is 7.32. The standard InChI is InChI=1S/C20H19N3O5S/c24-18(12-28-20(25)19-16-8-4-5-9-17(16)21-22-19)23(14-6-2-1-3-7-14)15-10-11-29(26,27)13-15/h1-9,15H,10-13H2,(H,21,22)/t15-/m1/s1. The molecule has 0 radical (unpaired) electrons. The van der Waals surface area contributed by atoms with Crippen LogP contribution in [-0.4, -0.2) is 54.6 Å². The van der Waals surface area contributed by atoms with Crippen LogP contribution in [0.15, 0.2) is 54.6 Å². The fourth-order valence-corrected chi connectivity index (χ4v) is 5.21. The highest BCUT2D eigenvalue weighted by Crippen LogP contribution is 2.25. The van der Waals surface area contributed by atoms with Crippen LogP contribution in [0, 0.1) is 0 Å². The molecule has 4 rings (SSSR count). The molecule has 1 aliphatic heterocycles. The van der Waals surface area contributed by atoms with E-state index in [1.165, 1.54) is 4.90 Å². The number of para-hydroxylation sites is 2. The summed E-state index contributed by atoms with van der Waals surface area (Å²) in [5.74, 6) is -1.27. The molecule has 1 aromatic heterocycles. The van der Waals surface area contributed by atoms with Gasteiger partial charge in [0.05, 0.1) is 23.1 Å². The van der Waals surface area contributed by atoms with Gasteiger partial charge in [-0.15, -0.1) is 0 Å². The number of H-pyrrole nitrogens is 1. The van der Waals surface area contributed by atoms with Gasteiger partial charge in [0, 0.05) is 11.1 Å². The van der Waals surface area contributed by atoms with Gasteiger partial charge in [-0.05, 0) is 24.6 Å². The van der Waals surface area contributed by atoms with E-state index in [2.05, 4.69) is 10.2 Å². The second-order valence-corrected chi connectivity index (χ2v) is 9.08. The van der Waals surface area contributed by atoms with Crippen molar-refractivity contribution in [2.45, 2.75) is 12.5 Å². The summed E-state index contributed by atoms with van der Waals surface area (Å²) in [7, 11) is -3.19. The van der Waals surface area contributed by atoms with Crippen LogP contribution in [0.25, 0.3) is 10.9 Å². The van der Waals surface area contributed by atoms with E-state index in [9.17, 15) is 18.0 Å². The van der Waals surface area contributed by atoms with Crippen LogP contribution in [0.3, 0.4) is 0 Å². The lowest BCUT2D eigenvalue weighted by Crippen LogP contribution is -2.43. The highest BCUT2D eigenvalue weighted by Gasteiger charge is 2.36. The van der Waals surface area contributed by atoms with Gasteiger partial charge in [-0.25, -0.2) is 13.2 Å². The Balaban J connectivity index is 1.51. The molecule has 0 spiro atoms. The predicted octanol–water partition coefficient (Wildman–Crippen LogP) is 1.94. The molecule has 1 saturated heterocycles. The number of carbonyl (C=O) groups excluding carboxylic acids is 2. The van der Waals surface area contributed by atoms with Gasteiger partial charge in [0.1, 0.15) is 0 Å². The van der Waals surface area contributed by atoms with Gasteiger partial charge < -0.3 is 9.64 Å². The van der Waals surface area contributed by atoms with Crippen LogP contribution in [0.1, 0.15) is 16.9 Å². The fourth-order valence-electron chi connectivity index (χ4n) is 3.51. The Morgan fingerprint density at radius 1 is 1.10 bits per heavy atom. The average Bonchev–Trinajstić information content (AvgIpc) is 3.30. The van der Waals surface area contributed by atoms with E-state index in [-0.39, 0.29) is 17.2 Å².